The third kappa shape index (κ3) is 2.13. The number of para-hydroxylation sites is 1. The third-order valence-corrected chi connectivity index (χ3v) is 5.21. The molecular formula is C18H21N3O3. The summed E-state index contributed by atoms with van der Waals surface area (Å²) >= 11 is 0. The minimum Gasteiger partial charge on any atom is -0.396 e. The van der Waals surface area contributed by atoms with Crippen molar-refractivity contribution in [2.45, 2.75) is 31.8 Å². The van der Waals surface area contributed by atoms with Crippen molar-refractivity contribution in [3.8, 4) is 0 Å². The Morgan fingerprint density at radius 1 is 1.29 bits per heavy atom. The summed E-state index contributed by atoms with van der Waals surface area (Å²) in [7, 11) is 0. The Bertz CT molecular complexity index is 813. The Morgan fingerprint density at radius 3 is 2.88 bits per heavy atom. The average Bonchev–Trinajstić information content (AvgIpc) is 2.96. The van der Waals surface area contributed by atoms with Crippen LogP contribution in [0.3, 0.4) is 0 Å². The van der Waals surface area contributed by atoms with Gasteiger partial charge in [-0.25, -0.2) is 0 Å². The molecule has 1 saturated heterocycles. The number of aromatic amines is 1. The molecule has 2 atom stereocenters. The van der Waals surface area contributed by atoms with Crippen LogP contribution in [0.2, 0.25) is 0 Å². The zero-order valence-corrected chi connectivity index (χ0v) is 13.7. The number of rotatable bonds is 3. The number of hydrogen-bond donors (Lipinski definition) is 2. The summed E-state index contributed by atoms with van der Waals surface area (Å²) < 4.78 is 0. The number of H-pyrrole nitrogens is 1. The fourth-order valence-corrected chi connectivity index (χ4v) is 4.08. The Hall–Kier alpha value is -2.34. The van der Waals surface area contributed by atoms with Gasteiger partial charge in [0.25, 0.3) is 0 Å². The van der Waals surface area contributed by atoms with Crippen LogP contribution in [0, 0.1) is 0 Å². The van der Waals surface area contributed by atoms with E-state index in [9.17, 15) is 9.59 Å². The van der Waals surface area contributed by atoms with E-state index in [-0.39, 0.29) is 31.0 Å². The van der Waals surface area contributed by atoms with Crippen molar-refractivity contribution in [3.05, 3.63) is 35.5 Å². The molecule has 24 heavy (non-hydrogen) atoms. The van der Waals surface area contributed by atoms with Crippen molar-refractivity contribution in [2.75, 3.05) is 19.7 Å². The summed E-state index contributed by atoms with van der Waals surface area (Å²) in [6, 6.07) is 7.49. The summed E-state index contributed by atoms with van der Waals surface area (Å²) in [5, 5.41) is 10.1. The maximum Gasteiger partial charge on any atom is 0.246 e. The molecule has 2 aliphatic rings. The van der Waals surface area contributed by atoms with E-state index in [0.29, 0.717) is 19.4 Å². The van der Waals surface area contributed by atoms with Crippen molar-refractivity contribution in [1.82, 2.24) is 14.8 Å². The number of nitrogens with one attached hydrogen (secondary N) is 1. The molecule has 0 radical (unpaired) electrons. The Labute approximate surface area is 140 Å². The van der Waals surface area contributed by atoms with Gasteiger partial charge in [0.05, 0.1) is 12.6 Å². The maximum atomic E-state index is 12.9. The Kier molecular flexibility index (Phi) is 3.57. The van der Waals surface area contributed by atoms with E-state index in [0.717, 1.165) is 22.2 Å². The molecule has 0 saturated carbocycles. The molecule has 0 unspecified atom stereocenters. The van der Waals surface area contributed by atoms with Crippen molar-refractivity contribution >= 4 is 22.7 Å². The number of carbonyl (C=O) groups is 2. The zero-order chi connectivity index (χ0) is 16.8. The number of aromatic nitrogens is 1. The summed E-state index contributed by atoms with van der Waals surface area (Å²) in [6.45, 7) is 2.54. The first-order chi connectivity index (χ1) is 11.6. The first-order valence-electron chi connectivity index (χ1n) is 8.42. The highest BCUT2D eigenvalue weighted by Gasteiger charge is 2.45. The van der Waals surface area contributed by atoms with Crippen LogP contribution in [0.1, 0.15) is 30.6 Å². The second-order valence-electron chi connectivity index (χ2n) is 6.60. The van der Waals surface area contributed by atoms with E-state index in [4.69, 9.17) is 5.11 Å². The predicted octanol–water partition coefficient (Wildman–Crippen LogP) is 1.21. The highest BCUT2D eigenvalue weighted by atomic mass is 16.3. The lowest BCUT2D eigenvalue weighted by atomic mass is 9.90. The van der Waals surface area contributed by atoms with Crippen LogP contribution >= 0.6 is 0 Å². The van der Waals surface area contributed by atoms with Gasteiger partial charge >= 0.3 is 0 Å². The molecule has 2 aliphatic heterocycles. The lowest BCUT2D eigenvalue weighted by Crippen LogP contribution is -2.62. The molecule has 4 rings (SSSR count). The van der Waals surface area contributed by atoms with E-state index in [1.54, 1.807) is 9.80 Å². The van der Waals surface area contributed by atoms with Gasteiger partial charge in [-0.2, -0.15) is 0 Å². The lowest BCUT2D eigenvalue weighted by Gasteiger charge is -2.46. The average molecular weight is 327 g/mol. The van der Waals surface area contributed by atoms with Gasteiger partial charge < -0.3 is 19.9 Å². The number of piperazine rings is 1. The van der Waals surface area contributed by atoms with Gasteiger partial charge in [0.1, 0.15) is 6.04 Å². The van der Waals surface area contributed by atoms with E-state index in [2.05, 4.69) is 11.1 Å². The number of nitrogens with zero attached hydrogens (tertiary/aromatic N) is 2. The van der Waals surface area contributed by atoms with Gasteiger partial charge in [0.2, 0.25) is 11.8 Å². The van der Waals surface area contributed by atoms with Crippen molar-refractivity contribution in [2.24, 2.45) is 0 Å². The molecule has 6 nitrogen and oxygen atoms in total. The van der Waals surface area contributed by atoms with Crippen LogP contribution in [0.15, 0.2) is 24.3 Å². The number of carbonyl (C=O) groups excluding carboxylic acids is 2. The van der Waals surface area contributed by atoms with E-state index < -0.39 is 6.04 Å². The van der Waals surface area contributed by atoms with Gasteiger partial charge in [-0.3, -0.25) is 9.59 Å². The molecule has 0 spiro atoms. The lowest BCUT2D eigenvalue weighted by molar-refractivity contribution is -0.159. The molecule has 2 amide bonds. The van der Waals surface area contributed by atoms with Crippen molar-refractivity contribution < 1.29 is 14.7 Å². The monoisotopic (exact) mass is 327 g/mol. The van der Waals surface area contributed by atoms with E-state index in [1.165, 1.54) is 0 Å². The molecule has 1 aromatic carbocycles. The van der Waals surface area contributed by atoms with Gasteiger partial charge in [0.15, 0.2) is 0 Å². The molecule has 126 valence electrons. The number of hydrogen-bond acceptors (Lipinski definition) is 3. The molecule has 6 heteroatoms. The van der Waals surface area contributed by atoms with Gasteiger partial charge in [-0.05, 0) is 25.0 Å². The van der Waals surface area contributed by atoms with Crippen molar-refractivity contribution in [3.63, 3.8) is 0 Å². The fraction of sp³-hybridized carbons (Fsp3) is 0.444. The fourth-order valence-electron chi connectivity index (χ4n) is 4.08. The van der Waals surface area contributed by atoms with Crippen molar-refractivity contribution in [1.29, 1.82) is 0 Å². The number of aliphatic hydroxyl groups excluding tert-OH is 1. The van der Waals surface area contributed by atoms with E-state index >= 15 is 0 Å². The van der Waals surface area contributed by atoms with Crippen LogP contribution in [0.4, 0.5) is 0 Å². The van der Waals surface area contributed by atoms with Gasteiger partial charge in [-0.15, -0.1) is 0 Å². The predicted molar refractivity (Wildman–Crippen MR) is 89.3 cm³/mol. The Balaban J connectivity index is 1.74. The second-order valence-corrected chi connectivity index (χ2v) is 6.60. The molecular weight excluding hydrogens is 306 g/mol. The molecule has 3 heterocycles. The minimum absolute atomic E-state index is 0.00849. The van der Waals surface area contributed by atoms with Crippen LogP contribution in [-0.2, 0) is 16.0 Å². The quantitative estimate of drug-likeness (QED) is 0.889. The topological polar surface area (TPSA) is 76.6 Å². The van der Waals surface area contributed by atoms with Crippen LogP contribution in [0.5, 0.6) is 0 Å². The molecule has 1 fully saturated rings. The standard InChI is InChI=1S/C18H21N3O3/c1-11-17-13(12-5-2-3-6-14(12)19-17)9-15-18(24)20(7-4-8-22)10-16(23)21(11)15/h2-3,5-6,11,15,19,22H,4,7-10H2,1H3/t11-,15-/m0/s1. The molecule has 0 aliphatic carbocycles. The highest BCUT2D eigenvalue weighted by molar-refractivity contribution is 5.97. The normalized spacial score (nSPS) is 23.6. The SMILES string of the molecule is C[C@H]1c2[nH]c3ccccc3c2C[C@H]2C(=O)N(CCCO)CC(=O)N21. The summed E-state index contributed by atoms with van der Waals surface area (Å²) in [4.78, 5) is 32.3. The van der Waals surface area contributed by atoms with Crippen LogP contribution in [-0.4, -0.2) is 57.4 Å². The van der Waals surface area contributed by atoms with Crippen LogP contribution < -0.4 is 0 Å². The summed E-state index contributed by atoms with van der Waals surface area (Å²) in [6.07, 6.45) is 1.05. The zero-order valence-electron chi connectivity index (χ0n) is 13.7. The number of aliphatic hydroxyl groups is 1. The van der Waals surface area contributed by atoms with Crippen LogP contribution in [0.25, 0.3) is 10.9 Å². The molecule has 2 aromatic rings. The van der Waals surface area contributed by atoms with E-state index in [1.807, 2.05) is 25.1 Å². The second kappa shape index (κ2) is 5.63. The highest BCUT2D eigenvalue weighted by Crippen LogP contribution is 2.38. The minimum atomic E-state index is -0.438. The molecule has 2 N–H and O–H groups in total. The first kappa shape index (κ1) is 15.2. The summed E-state index contributed by atoms with van der Waals surface area (Å²) in [5.74, 6) is -0.0276. The van der Waals surface area contributed by atoms with Gasteiger partial charge in [-0.1, -0.05) is 18.2 Å². The number of benzene rings is 1. The third-order valence-electron chi connectivity index (χ3n) is 5.21. The maximum absolute atomic E-state index is 12.9. The van der Waals surface area contributed by atoms with Gasteiger partial charge in [0, 0.05) is 36.2 Å². The number of amides is 2. The summed E-state index contributed by atoms with van der Waals surface area (Å²) in [5.41, 5.74) is 3.23. The number of fused-ring (bicyclic) bond motifs is 4. The largest absolute Gasteiger partial charge is 0.396 e. The first-order valence-corrected chi connectivity index (χ1v) is 8.42. The molecule has 1 aromatic heterocycles. The molecule has 0 bridgehead atoms. The Morgan fingerprint density at radius 2 is 2.08 bits per heavy atom. The smallest absolute Gasteiger partial charge is 0.246 e.